The summed E-state index contributed by atoms with van der Waals surface area (Å²) in [4.78, 5) is 23.7. The van der Waals surface area contributed by atoms with Crippen LogP contribution in [0.3, 0.4) is 0 Å². The second kappa shape index (κ2) is 9.98. The molecule has 0 radical (unpaired) electrons. The highest BCUT2D eigenvalue weighted by Crippen LogP contribution is 2.22. The Labute approximate surface area is 153 Å². The third kappa shape index (κ3) is 6.39. The number of anilines is 1. The van der Waals surface area contributed by atoms with Crippen molar-refractivity contribution in [3.05, 3.63) is 54.6 Å². The van der Waals surface area contributed by atoms with Gasteiger partial charge >= 0.3 is 11.8 Å². The number of hydrogen-bond acceptors (Lipinski definition) is 4. The molecule has 136 valence electrons. The molecule has 2 aromatic rings. The van der Waals surface area contributed by atoms with Crippen LogP contribution in [0.5, 0.6) is 11.5 Å². The number of ether oxygens (including phenoxy) is 1. The fourth-order valence-electron chi connectivity index (χ4n) is 2.10. The minimum Gasteiger partial charge on any atom is -0.457 e. The van der Waals surface area contributed by atoms with Gasteiger partial charge in [0.25, 0.3) is 0 Å². The van der Waals surface area contributed by atoms with Crippen molar-refractivity contribution >= 4 is 23.2 Å². The molecule has 6 heteroatoms. The van der Waals surface area contributed by atoms with E-state index in [2.05, 4.69) is 22.8 Å². The van der Waals surface area contributed by atoms with Gasteiger partial charge in [0.2, 0.25) is 0 Å². The zero-order valence-electron chi connectivity index (χ0n) is 15.0. The molecule has 0 fully saturated rings. The van der Waals surface area contributed by atoms with E-state index in [0.29, 0.717) is 11.4 Å². The Kier molecular flexibility index (Phi) is 7.36. The Morgan fingerprint density at radius 2 is 1.62 bits per heavy atom. The van der Waals surface area contributed by atoms with Crippen LogP contribution in [0, 0.1) is 0 Å². The Balaban J connectivity index is 1.85. The Morgan fingerprint density at radius 1 is 0.962 bits per heavy atom. The third-order valence-electron chi connectivity index (χ3n) is 3.54. The average Bonchev–Trinajstić information content (AvgIpc) is 2.66. The summed E-state index contributed by atoms with van der Waals surface area (Å²) < 4.78 is 5.67. The van der Waals surface area contributed by atoms with Gasteiger partial charge in [-0.25, -0.2) is 5.43 Å². The highest BCUT2D eigenvalue weighted by molar-refractivity contribution is 6.39. The van der Waals surface area contributed by atoms with Gasteiger partial charge in [0.1, 0.15) is 11.5 Å². The van der Waals surface area contributed by atoms with Gasteiger partial charge in [-0.3, -0.25) is 9.59 Å². The number of benzene rings is 2. The highest BCUT2D eigenvalue weighted by Gasteiger charge is 2.13. The molecule has 0 atom stereocenters. The van der Waals surface area contributed by atoms with E-state index in [1.165, 1.54) is 0 Å². The first-order valence-electron chi connectivity index (χ1n) is 8.56. The lowest BCUT2D eigenvalue weighted by atomic mass is 10.2. The van der Waals surface area contributed by atoms with Crippen molar-refractivity contribution in [2.45, 2.75) is 33.1 Å². The summed E-state index contributed by atoms with van der Waals surface area (Å²) in [5.74, 6) is -0.214. The molecule has 0 aliphatic heterocycles. The normalized spacial score (nSPS) is 10.9. The van der Waals surface area contributed by atoms with E-state index in [1.807, 2.05) is 37.3 Å². The van der Waals surface area contributed by atoms with Gasteiger partial charge in [-0.2, -0.15) is 5.10 Å². The molecule has 2 amide bonds. The van der Waals surface area contributed by atoms with Crippen molar-refractivity contribution in [3.8, 4) is 11.5 Å². The molecule has 0 saturated carbocycles. The number of hydrogen-bond donors (Lipinski definition) is 2. The van der Waals surface area contributed by atoms with E-state index < -0.39 is 11.8 Å². The summed E-state index contributed by atoms with van der Waals surface area (Å²) in [6, 6.07) is 16.1. The molecule has 0 spiro atoms. The highest BCUT2D eigenvalue weighted by atomic mass is 16.5. The average molecular weight is 353 g/mol. The maximum Gasteiger partial charge on any atom is 0.329 e. The van der Waals surface area contributed by atoms with Crippen LogP contribution < -0.4 is 15.5 Å². The van der Waals surface area contributed by atoms with E-state index in [1.54, 1.807) is 24.3 Å². The maximum atomic E-state index is 11.9. The van der Waals surface area contributed by atoms with Crippen molar-refractivity contribution in [1.29, 1.82) is 0 Å². The lowest BCUT2D eigenvalue weighted by Gasteiger charge is -2.07. The fourth-order valence-corrected chi connectivity index (χ4v) is 2.10. The second-order valence-corrected chi connectivity index (χ2v) is 5.79. The summed E-state index contributed by atoms with van der Waals surface area (Å²) in [6.45, 7) is 3.90. The molecule has 0 saturated heterocycles. The number of rotatable bonds is 7. The van der Waals surface area contributed by atoms with Crippen LogP contribution in [0.4, 0.5) is 5.69 Å². The van der Waals surface area contributed by atoms with Crippen LogP contribution >= 0.6 is 0 Å². The second-order valence-electron chi connectivity index (χ2n) is 5.79. The molecule has 0 unspecified atom stereocenters. The summed E-state index contributed by atoms with van der Waals surface area (Å²) >= 11 is 0. The van der Waals surface area contributed by atoms with Crippen LogP contribution in [0.25, 0.3) is 0 Å². The summed E-state index contributed by atoms with van der Waals surface area (Å²) in [5.41, 5.74) is 3.55. The minimum atomic E-state index is -0.800. The zero-order chi connectivity index (χ0) is 18.8. The lowest BCUT2D eigenvalue weighted by molar-refractivity contribution is -0.136. The van der Waals surface area contributed by atoms with Crippen LogP contribution in [0.15, 0.2) is 59.7 Å². The number of hydrazone groups is 1. The van der Waals surface area contributed by atoms with Crippen LogP contribution in [-0.4, -0.2) is 17.5 Å². The SMILES string of the molecule is CCCC/C(C)=N\NC(=O)C(=O)Nc1ccc(Oc2ccccc2)cc1. The lowest BCUT2D eigenvalue weighted by Crippen LogP contribution is -2.32. The largest absolute Gasteiger partial charge is 0.457 e. The number of unbranched alkanes of at least 4 members (excludes halogenated alkanes) is 1. The van der Waals surface area contributed by atoms with Crippen molar-refractivity contribution < 1.29 is 14.3 Å². The first kappa shape index (κ1) is 19.2. The zero-order valence-corrected chi connectivity index (χ0v) is 15.0. The van der Waals surface area contributed by atoms with Crippen LogP contribution in [-0.2, 0) is 9.59 Å². The number of carbonyl (C=O) groups is 2. The number of nitrogens with zero attached hydrogens (tertiary/aromatic N) is 1. The van der Waals surface area contributed by atoms with Crippen LogP contribution in [0.1, 0.15) is 33.1 Å². The van der Waals surface area contributed by atoms with Gasteiger partial charge < -0.3 is 10.1 Å². The predicted octanol–water partition coefficient (Wildman–Crippen LogP) is 4.10. The fraction of sp³-hybridized carbons (Fsp3) is 0.250. The predicted molar refractivity (Wildman–Crippen MR) is 102 cm³/mol. The molecule has 0 aromatic heterocycles. The summed E-state index contributed by atoms with van der Waals surface area (Å²) in [6.07, 6.45) is 2.83. The molecule has 6 nitrogen and oxygen atoms in total. The Hall–Kier alpha value is -3.15. The van der Waals surface area contributed by atoms with Crippen molar-refractivity contribution in [3.63, 3.8) is 0 Å². The minimum absolute atomic E-state index is 0.497. The molecule has 2 rings (SSSR count). The summed E-state index contributed by atoms with van der Waals surface area (Å²) in [5, 5.41) is 6.45. The van der Waals surface area contributed by atoms with Gasteiger partial charge in [0, 0.05) is 11.4 Å². The standard InChI is InChI=1S/C20H23N3O3/c1-3-4-8-15(2)22-23-20(25)19(24)21-16-11-13-18(14-12-16)26-17-9-6-5-7-10-17/h5-7,9-14H,3-4,8H2,1-2H3,(H,21,24)(H,23,25)/b22-15-. The number of para-hydroxylation sites is 1. The van der Waals surface area contributed by atoms with Crippen molar-refractivity contribution in [2.24, 2.45) is 5.10 Å². The Bertz CT molecular complexity index is 756. The molecule has 0 bridgehead atoms. The van der Waals surface area contributed by atoms with Crippen LogP contribution in [0.2, 0.25) is 0 Å². The van der Waals surface area contributed by atoms with Gasteiger partial charge in [0.15, 0.2) is 0 Å². The molecule has 0 heterocycles. The molecule has 0 aliphatic carbocycles. The summed E-state index contributed by atoms with van der Waals surface area (Å²) in [7, 11) is 0. The molecule has 0 aliphatic rings. The van der Waals surface area contributed by atoms with E-state index in [0.717, 1.165) is 30.7 Å². The van der Waals surface area contributed by atoms with Crippen molar-refractivity contribution in [2.75, 3.05) is 5.32 Å². The molecule has 26 heavy (non-hydrogen) atoms. The molecule has 2 aromatic carbocycles. The molecular weight excluding hydrogens is 330 g/mol. The number of carbonyl (C=O) groups excluding carboxylic acids is 2. The third-order valence-corrected chi connectivity index (χ3v) is 3.54. The Morgan fingerprint density at radius 3 is 2.27 bits per heavy atom. The van der Waals surface area contributed by atoms with Gasteiger partial charge in [0.05, 0.1) is 0 Å². The van der Waals surface area contributed by atoms with Gasteiger partial charge in [-0.1, -0.05) is 31.5 Å². The van der Waals surface area contributed by atoms with Gasteiger partial charge in [-0.15, -0.1) is 0 Å². The smallest absolute Gasteiger partial charge is 0.329 e. The number of nitrogens with one attached hydrogen (secondary N) is 2. The molecule has 2 N–H and O–H groups in total. The quantitative estimate of drug-likeness (QED) is 0.447. The first-order valence-corrected chi connectivity index (χ1v) is 8.56. The van der Waals surface area contributed by atoms with Crippen molar-refractivity contribution in [1.82, 2.24) is 5.43 Å². The van der Waals surface area contributed by atoms with Gasteiger partial charge in [-0.05, 0) is 56.2 Å². The van der Waals surface area contributed by atoms with E-state index in [4.69, 9.17) is 4.74 Å². The molecular formula is C20H23N3O3. The topological polar surface area (TPSA) is 79.8 Å². The number of amides is 2. The first-order chi connectivity index (χ1) is 12.6. The van der Waals surface area contributed by atoms with E-state index in [9.17, 15) is 9.59 Å². The maximum absolute atomic E-state index is 11.9. The monoisotopic (exact) mass is 353 g/mol. The van der Waals surface area contributed by atoms with E-state index >= 15 is 0 Å². The van der Waals surface area contributed by atoms with E-state index in [-0.39, 0.29) is 0 Å².